The van der Waals surface area contributed by atoms with Crippen molar-refractivity contribution in [3.63, 3.8) is 0 Å². The SMILES string of the molecule is CCOP(=O)(OCC)[Se]C(C)(Cc1ccccc1)C(=O)c1ccccc1. The average molecular weight is 439 g/mol. The predicted molar refractivity (Wildman–Crippen MR) is 106 cm³/mol. The van der Waals surface area contributed by atoms with Gasteiger partial charge in [-0.1, -0.05) is 0 Å². The van der Waals surface area contributed by atoms with E-state index in [4.69, 9.17) is 9.05 Å². The molecule has 0 fully saturated rings. The normalized spacial score (nSPS) is 14.0. The summed E-state index contributed by atoms with van der Waals surface area (Å²) in [5.74, 6) is -0.0263. The summed E-state index contributed by atoms with van der Waals surface area (Å²) in [6.45, 7) is 6.03. The average Bonchev–Trinajstić information content (AvgIpc) is 2.62. The summed E-state index contributed by atoms with van der Waals surface area (Å²) in [4.78, 5) is 13.3. The third kappa shape index (κ3) is 5.64. The monoisotopic (exact) mass is 440 g/mol. The first-order valence-electron chi connectivity index (χ1n) is 8.66. The van der Waals surface area contributed by atoms with Crippen LogP contribution in [0.2, 0.25) is 4.31 Å². The van der Waals surface area contributed by atoms with E-state index in [0.717, 1.165) is 5.56 Å². The van der Waals surface area contributed by atoms with Crippen LogP contribution in [0.3, 0.4) is 0 Å². The van der Waals surface area contributed by atoms with Crippen molar-refractivity contribution >= 4 is 26.6 Å². The first kappa shape index (κ1) is 21.1. The Kier molecular flexibility index (Phi) is 7.82. The van der Waals surface area contributed by atoms with E-state index in [-0.39, 0.29) is 5.78 Å². The Labute approximate surface area is 161 Å². The van der Waals surface area contributed by atoms with Gasteiger partial charge >= 0.3 is 162 Å². The molecule has 26 heavy (non-hydrogen) atoms. The summed E-state index contributed by atoms with van der Waals surface area (Å²) in [7, 11) is 0. The zero-order valence-corrected chi connectivity index (χ0v) is 18.0. The summed E-state index contributed by atoms with van der Waals surface area (Å²) in [6, 6.07) is 19.0. The summed E-state index contributed by atoms with van der Waals surface area (Å²) < 4.78 is 23.3. The molecule has 0 aliphatic rings. The summed E-state index contributed by atoms with van der Waals surface area (Å²) in [6.07, 6.45) is -2.82. The Morgan fingerprint density at radius 1 is 0.962 bits per heavy atom. The van der Waals surface area contributed by atoms with E-state index in [1.165, 1.54) is 0 Å². The molecule has 2 aromatic carbocycles. The van der Waals surface area contributed by atoms with E-state index in [9.17, 15) is 9.36 Å². The number of ketones is 1. The molecule has 0 saturated carbocycles. The molecule has 1 unspecified atom stereocenters. The molecular formula is C20H25O4PSe. The number of carbonyl (C=O) groups is 1. The van der Waals surface area contributed by atoms with Crippen molar-refractivity contribution in [1.29, 1.82) is 0 Å². The Morgan fingerprint density at radius 2 is 1.46 bits per heavy atom. The maximum absolute atomic E-state index is 13.3. The molecule has 2 aromatic rings. The maximum atomic E-state index is 13.3. The van der Waals surface area contributed by atoms with Crippen LogP contribution in [0.1, 0.15) is 36.7 Å². The first-order chi connectivity index (χ1) is 12.4. The fourth-order valence-electron chi connectivity index (χ4n) is 2.69. The van der Waals surface area contributed by atoms with Crippen molar-refractivity contribution in [2.24, 2.45) is 0 Å². The summed E-state index contributed by atoms with van der Waals surface area (Å²) in [5.41, 5.74) is 1.65. The molecule has 0 aromatic heterocycles. The molecule has 0 spiro atoms. The van der Waals surface area contributed by atoms with Crippen molar-refractivity contribution in [2.45, 2.75) is 31.5 Å². The molecule has 140 valence electrons. The van der Waals surface area contributed by atoms with Gasteiger partial charge in [0.2, 0.25) is 0 Å². The topological polar surface area (TPSA) is 52.6 Å². The molecule has 0 saturated heterocycles. The molecule has 1 atom stereocenters. The zero-order valence-electron chi connectivity index (χ0n) is 15.4. The van der Waals surface area contributed by atoms with Gasteiger partial charge < -0.3 is 0 Å². The Morgan fingerprint density at radius 3 is 1.96 bits per heavy atom. The van der Waals surface area contributed by atoms with E-state index in [1.807, 2.05) is 55.5 Å². The van der Waals surface area contributed by atoms with E-state index in [0.29, 0.717) is 25.2 Å². The van der Waals surface area contributed by atoms with Crippen LogP contribution in [0.5, 0.6) is 0 Å². The third-order valence-corrected chi connectivity index (χ3v) is 11.5. The van der Waals surface area contributed by atoms with Crippen LogP contribution >= 0.6 is 6.29 Å². The number of hydrogen-bond acceptors (Lipinski definition) is 4. The standard InChI is InChI=1S/C20H25O4PSe/c1-4-23-25(22,24-5-2)26-20(3,16-17-12-8-6-9-13-17)19(21)18-14-10-7-11-15-18/h6-15H,4-5,16H2,1-3H3. The van der Waals surface area contributed by atoms with Crippen molar-refractivity contribution in [2.75, 3.05) is 13.2 Å². The van der Waals surface area contributed by atoms with Gasteiger partial charge in [-0.2, -0.15) is 0 Å². The van der Waals surface area contributed by atoms with Crippen molar-refractivity contribution in [3.8, 4) is 0 Å². The number of Topliss-reactive ketones (excluding diaryl/α,β-unsaturated/α-hetero) is 1. The van der Waals surface area contributed by atoms with E-state index in [2.05, 4.69) is 0 Å². The number of rotatable bonds is 10. The van der Waals surface area contributed by atoms with E-state index >= 15 is 0 Å². The second-order valence-electron chi connectivity index (χ2n) is 5.96. The molecule has 0 amide bonds. The summed E-state index contributed by atoms with van der Waals surface area (Å²) in [5, 5.41) is 0. The third-order valence-electron chi connectivity index (χ3n) is 3.79. The van der Waals surface area contributed by atoms with Crippen LogP contribution in [-0.4, -0.2) is 33.5 Å². The van der Waals surface area contributed by atoms with Crippen LogP contribution in [-0.2, 0) is 20.0 Å². The van der Waals surface area contributed by atoms with E-state index in [1.54, 1.807) is 26.0 Å². The van der Waals surface area contributed by atoms with Gasteiger partial charge in [-0.05, 0) is 0 Å². The quantitative estimate of drug-likeness (QED) is 0.291. The second-order valence-corrected chi connectivity index (χ2v) is 13.4. The molecule has 0 radical (unpaired) electrons. The Balaban J connectivity index is 2.40. The summed E-state index contributed by atoms with van der Waals surface area (Å²) >= 11 is -0.672. The van der Waals surface area contributed by atoms with Crippen LogP contribution in [0.25, 0.3) is 0 Å². The van der Waals surface area contributed by atoms with E-state index < -0.39 is 25.1 Å². The van der Waals surface area contributed by atoms with Gasteiger partial charge in [0.25, 0.3) is 0 Å². The minimum atomic E-state index is -3.31. The van der Waals surface area contributed by atoms with Crippen LogP contribution < -0.4 is 0 Å². The molecule has 0 N–H and O–H groups in total. The van der Waals surface area contributed by atoms with Crippen LogP contribution in [0, 0.1) is 0 Å². The fourth-order valence-corrected chi connectivity index (χ4v) is 10.8. The minimum absolute atomic E-state index is 0.0263. The number of benzene rings is 2. The molecule has 0 heterocycles. The van der Waals surface area contributed by atoms with Crippen molar-refractivity contribution < 1.29 is 18.4 Å². The number of hydrogen-bond donors (Lipinski definition) is 0. The van der Waals surface area contributed by atoms with Crippen LogP contribution in [0.4, 0.5) is 0 Å². The van der Waals surface area contributed by atoms with Gasteiger partial charge in [0.1, 0.15) is 0 Å². The Bertz CT molecular complexity index is 741. The molecule has 0 aliphatic carbocycles. The van der Waals surface area contributed by atoms with Crippen molar-refractivity contribution in [3.05, 3.63) is 71.8 Å². The number of carbonyl (C=O) groups excluding carboxylic acids is 1. The van der Waals surface area contributed by atoms with Gasteiger partial charge in [0, 0.05) is 0 Å². The fraction of sp³-hybridized carbons (Fsp3) is 0.350. The molecule has 4 nitrogen and oxygen atoms in total. The second kappa shape index (κ2) is 9.64. The van der Waals surface area contributed by atoms with Gasteiger partial charge in [-0.3, -0.25) is 0 Å². The zero-order chi connectivity index (χ0) is 19.0. The Hall–Kier alpha value is -1.22. The van der Waals surface area contributed by atoms with Gasteiger partial charge in [0.05, 0.1) is 0 Å². The first-order valence-corrected chi connectivity index (χ1v) is 13.3. The molecule has 0 aliphatic heterocycles. The van der Waals surface area contributed by atoms with Crippen molar-refractivity contribution in [1.82, 2.24) is 0 Å². The molecule has 0 bridgehead atoms. The van der Waals surface area contributed by atoms with Gasteiger partial charge in [0.15, 0.2) is 0 Å². The van der Waals surface area contributed by atoms with Gasteiger partial charge in [-0.15, -0.1) is 0 Å². The molecule has 2 rings (SSSR count). The molecule has 6 heteroatoms. The van der Waals surface area contributed by atoms with Crippen LogP contribution in [0.15, 0.2) is 60.7 Å². The van der Waals surface area contributed by atoms with Gasteiger partial charge in [-0.25, -0.2) is 0 Å². The predicted octanol–water partition coefficient (Wildman–Crippen LogP) is 5.18. The molecular weight excluding hydrogens is 414 g/mol.